The number of carbonyl (C=O) groups excluding carboxylic acids is 1. The first-order chi connectivity index (χ1) is 4.68. The number of carbonyl (C=O) groups is 2. The lowest BCUT2D eigenvalue weighted by atomic mass is 9.98. The molecule has 0 saturated carbocycles. The van der Waals surface area contributed by atoms with Crippen LogP contribution >= 0.6 is 0 Å². The number of aliphatic carboxylic acids is 1. The van der Waals surface area contributed by atoms with Crippen LogP contribution in [-0.2, 0) is 9.59 Å². The molecule has 0 amide bonds. The summed E-state index contributed by atoms with van der Waals surface area (Å²) in [6, 6.07) is 0. The van der Waals surface area contributed by atoms with Crippen molar-refractivity contribution in [2.45, 2.75) is 34.6 Å². The molecule has 0 bridgehead atoms. The first-order valence-electron chi connectivity index (χ1n) is 3.38. The van der Waals surface area contributed by atoms with Crippen LogP contribution in [0, 0.1) is 5.41 Å². The molecule has 0 unspecified atom stereocenters. The molecule has 11 heavy (non-hydrogen) atoms. The standard InChI is InChI=1S/C5H10O2.C3H6O/c1-5(2,3)4(6)7;1-3(2)4/h1-3H3,(H,6,7);1-2H3. The first kappa shape index (κ1) is 12.8. The van der Waals surface area contributed by atoms with E-state index in [1.165, 1.54) is 13.8 Å². The van der Waals surface area contributed by atoms with Gasteiger partial charge in [0.25, 0.3) is 0 Å². The molecule has 0 aliphatic carbocycles. The maximum Gasteiger partial charge on any atom is 0.308 e. The van der Waals surface area contributed by atoms with Crippen molar-refractivity contribution >= 4 is 11.8 Å². The first-order valence-corrected chi connectivity index (χ1v) is 3.38. The molecule has 0 aromatic carbocycles. The third-order valence-corrected chi connectivity index (χ3v) is 0.642. The molecule has 0 heterocycles. The summed E-state index contributed by atoms with van der Waals surface area (Å²) >= 11 is 0. The molecule has 0 aliphatic heterocycles. The lowest BCUT2D eigenvalue weighted by molar-refractivity contribution is -0.145. The Bertz CT molecular complexity index is 138. The van der Waals surface area contributed by atoms with Gasteiger partial charge in [-0.3, -0.25) is 4.79 Å². The van der Waals surface area contributed by atoms with Gasteiger partial charge in [-0.25, -0.2) is 0 Å². The number of carboxylic acids is 1. The minimum absolute atomic E-state index is 0.167. The van der Waals surface area contributed by atoms with Crippen molar-refractivity contribution < 1.29 is 14.7 Å². The highest BCUT2D eigenvalue weighted by Crippen LogP contribution is 2.11. The molecule has 0 aromatic rings. The molecule has 66 valence electrons. The third-order valence-electron chi connectivity index (χ3n) is 0.642. The molecule has 0 atom stereocenters. The fourth-order valence-electron chi connectivity index (χ4n) is 0. The van der Waals surface area contributed by atoms with Crippen molar-refractivity contribution in [3.05, 3.63) is 0 Å². The topological polar surface area (TPSA) is 54.4 Å². The van der Waals surface area contributed by atoms with E-state index in [2.05, 4.69) is 0 Å². The average molecular weight is 160 g/mol. The van der Waals surface area contributed by atoms with Gasteiger partial charge in [0.1, 0.15) is 5.78 Å². The van der Waals surface area contributed by atoms with Gasteiger partial charge in [0.2, 0.25) is 0 Å². The van der Waals surface area contributed by atoms with Crippen LogP contribution in [0.15, 0.2) is 0 Å². The van der Waals surface area contributed by atoms with Gasteiger partial charge in [-0.15, -0.1) is 0 Å². The summed E-state index contributed by atoms with van der Waals surface area (Å²) in [4.78, 5) is 19.5. The summed E-state index contributed by atoms with van der Waals surface area (Å²) in [6.45, 7) is 8.04. The Morgan fingerprint density at radius 3 is 1.18 bits per heavy atom. The number of hydrogen-bond donors (Lipinski definition) is 1. The van der Waals surface area contributed by atoms with Crippen molar-refractivity contribution in [3.8, 4) is 0 Å². The number of carboxylic acid groups (broad SMARTS) is 1. The molecule has 0 aromatic heterocycles. The van der Waals surface area contributed by atoms with Gasteiger partial charge in [0, 0.05) is 0 Å². The zero-order chi connectivity index (χ0) is 9.65. The zero-order valence-corrected chi connectivity index (χ0v) is 7.76. The minimum atomic E-state index is -0.757. The third kappa shape index (κ3) is 17.6. The van der Waals surface area contributed by atoms with Crippen LogP contribution in [0.25, 0.3) is 0 Å². The van der Waals surface area contributed by atoms with Gasteiger partial charge in [-0.1, -0.05) is 0 Å². The van der Waals surface area contributed by atoms with Gasteiger partial charge in [-0.2, -0.15) is 0 Å². The Balaban J connectivity index is 0. The zero-order valence-electron chi connectivity index (χ0n) is 7.76. The SMILES string of the molecule is CC(C)(C)C(=O)O.CC(C)=O. The fraction of sp³-hybridized carbons (Fsp3) is 0.750. The molecule has 3 heteroatoms. The molecule has 0 spiro atoms. The van der Waals surface area contributed by atoms with E-state index < -0.39 is 11.4 Å². The van der Waals surface area contributed by atoms with Crippen molar-refractivity contribution in [1.29, 1.82) is 0 Å². The predicted octanol–water partition coefficient (Wildman–Crippen LogP) is 1.71. The van der Waals surface area contributed by atoms with Crippen molar-refractivity contribution in [3.63, 3.8) is 0 Å². The molecular formula is C8H16O3. The fourth-order valence-corrected chi connectivity index (χ4v) is 0. The normalized spacial score (nSPS) is 9.55. The van der Waals surface area contributed by atoms with E-state index >= 15 is 0 Å². The van der Waals surface area contributed by atoms with Crippen LogP contribution in [0.1, 0.15) is 34.6 Å². The highest BCUT2D eigenvalue weighted by atomic mass is 16.4. The van der Waals surface area contributed by atoms with Crippen molar-refractivity contribution in [2.24, 2.45) is 5.41 Å². The monoisotopic (exact) mass is 160 g/mol. The van der Waals surface area contributed by atoms with Crippen molar-refractivity contribution in [2.75, 3.05) is 0 Å². The van der Waals surface area contributed by atoms with Crippen LogP contribution in [0.4, 0.5) is 0 Å². The van der Waals surface area contributed by atoms with E-state index in [-0.39, 0.29) is 5.78 Å². The number of hydrogen-bond acceptors (Lipinski definition) is 2. The van der Waals surface area contributed by atoms with Crippen LogP contribution in [0.2, 0.25) is 0 Å². The maximum atomic E-state index is 10.0. The summed E-state index contributed by atoms with van der Waals surface area (Å²) in [5.41, 5.74) is -0.583. The van der Waals surface area contributed by atoms with Crippen LogP contribution < -0.4 is 0 Å². The Morgan fingerprint density at radius 1 is 1.09 bits per heavy atom. The van der Waals surface area contributed by atoms with Gasteiger partial charge < -0.3 is 9.90 Å². The molecule has 3 nitrogen and oxygen atoms in total. The summed E-state index contributed by atoms with van der Waals surface area (Å²) in [6.07, 6.45) is 0. The second-order valence-corrected chi connectivity index (χ2v) is 3.46. The molecular weight excluding hydrogens is 144 g/mol. The Hall–Kier alpha value is -0.860. The van der Waals surface area contributed by atoms with E-state index in [1.54, 1.807) is 20.8 Å². The summed E-state index contributed by atoms with van der Waals surface area (Å²) in [5, 5.41) is 8.25. The predicted molar refractivity (Wildman–Crippen MR) is 43.4 cm³/mol. The quantitative estimate of drug-likeness (QED) is 0.587. The van der Waals surface area contributed by atoms with Gasteiger partial charge in [0.05, 0.1) is 5.41 Å². The van der Waals surface area contributed by atoms with E-state index in [0.29, 0.717) is 0 Å². The Morgan fingerprint density at radius 2 is 1.18 bits per heavy atom. The summed E-state index contributed by atoms with van der Waals surface area (Å²) < 4.78 is 0. The highest BCUT2D eigenvalue weighted by Gasteiger charge is 2.18. The molecule has 0 rings (SSSR count). The van der Waals surface area contributed by atoms with E-state index in [0.717, 1.165) is 0 Å². The Labute approximate surface area is 67.4 Å². The largest absolute Gasteiger partial charge is 0.481 e. The lowest BCUT2D eigenvalue weighted by Crippen LogP contribution is -2.18. The smallest absolute Gasteiger partial charge is 0.308 e. The van der Waals surface area contributed by atoms with Crippen LogP contribution in [0.5, 0.6) is 0 Å². The van der Waals surface area contributed by atoms with Gasteiger partial charge >= 0.3 is 5.97 Å². The number of ketones is 1. The van der Waals surface area contributed by atoms with E-state index in [4.69, 9.17) is 5.11 Å². The maximum absolute atomic E-state index is 10.0. The van der Waals surface area contributed by atoms with Crippen LogP contribution in [0.3, 0.4) is 0 Å². The molecule has 0 aliphatic rings. The van der Waals surface area contributed by atoms with E-state index in [1.807, 2.05) is 0 Å². The molecule has 0 fully saturated rings. The number of rotatable bonds is 0. The second-order valence-electron chi connectivity index (χ2n) is 3.46. The number of Topliss-reactive ketones (excluding diaryl/α,β-unsaturated/α-hetero) is 1. The molecule has 0 radical (unpaired) electrons. The van der Waals surface area contributed by atoms with E-state index in [9.17, 15) is 9.59 Å². The molecule has 1 N–H and O–H groups in total. The summed E-state index contributed by atoms with van der Waals surface area (Å²) in [7, 11) is 0. The summed E-state index contributed by atoms with van der Waals surface area (Å²) in [5.74, 6) is -0.590. The van der Waals surface area contributed by atoms with Gasteiger partial charge in [0.15, 0.2) is 0 Å². The minimum Gasteiger partial charge on any atom is -0.481 e. The molecule has 0 saturated heterocycles. The highest BCUT2D eigenvalue weighted by molar-refractivity contribution is 5.72. The van der Waals surface area contributed by atoms with Crippen molar-refractivity contribution in [1.82, 2.24) is 0 Å². The van der Waals surface area contributed by atoms with Crippen LogP contribution in [-0.4, -0.2) is 16.9 Å². The van der Waals surface area contributed by atoms with Gasteiger partial charge in [-0.05, 0) is 34.6 Å². The Kier molecular flexibility index (Phi) is 5.67. The lowest BCUT2D eigenvalue weighted by Gasteiger charge is -2.08. The average Bonchev–Trinajstić information content (AvgIpc) is 1.59. The second kappa shape index (κ2) is 4.88.